The Morgan fingerprint density at radius 1 is 1.41 bits per heavy atom. The van der Waals surface area contributed by atoms with Gasteiger partial charge < -0.3 is 4.52 Å². The molecule has 1 aromatic heterocycles. The van der Waals surface area contributed by atoms with E-state index in [4.69, 9.17) is 16.1 Å². The van der Waals surface area contributed by atoms with E-state index in [0.717, 1.165) is 18.6 Å². The molecule has 1 aromatic carbocycles. The Labute approximate surface area is 132 Å². The summed E-state index contributed by atoms with van der Waals surface area (Å²) in [5, 5.41) is 3.59. The van der Waals surface area contributed by atoms with Gasteiger partial charge in [0.05, 0.1) is 21.7 Å². The molecular weight excluding hydrogens is 331 g/mol. The molecule has 22 heavy (non-hydrogen) atoms. The summed E-state index contributed by atoms with van der Waals surface area (Å²) in [6, 6.07) is 4.75. The van der Waals surface area contributed by atoms with Gasteiger partial charge in [-0.2, -0.15) is 4.31 Å². The van der Waals surface area contributed by atoms with E-state index in [-0.39, 0.29) is 9.92 Å². The van der Waals surface area contributed by atoms with Crippen LogP contribution in [0.3, 0.4) is 0 Å². The lowest BCUT2D eigenvalue weighted by Crippen LogP contribution is -2.30. The molecule has 0 N–H and O–H groups in total. The van der Waals surface area contributed by atoms with Gasteiger partial charge in [0, 0.05) is 12.6 Å². The number of rotatable bonds is 3. The summed E-state index contributed by atoms with van der Waals surface area (Å²) >= 11 is 5.70. The van der Waals surface area contributed by atoms with E-state index in [1.54, 1.807) is 13.0 Å². The second-order valence-electron chi connectivity index (χ2n) is 5.22. The fourth-order valence-corrected chi connectivity index (χ4v) is 4.56. The predicted octanol–water partition coefficient (Wildman–Crippen LogP) is 3.30. The summed E-state index contributed by atoms with van der Waals surface area (Å²) in [5.74, 6) is -0.128. The highest BCUT2D eigenvalue weighted by Crippen LogP contribution is 2.37. The Balaban J connectivity index is 1.98. The second kappa shape index (κ2) is 5.64. The van der Waals surface area contributed by atoms with Gasteiger partial charge in [0.1, 0.15) is 5.82 Å². The number of benzene rings is 1. The molecule has 1 saturated heterocycles. The van der Waals surface area contributed by atoms with Gasteiger partial charge >= 0.3 is 0 Å². The Morgan fingerprint density at radius 3 is 2.82 bits per heavy atom. The third-order valence-corrected chi connectivity index (χ3v) is 5.87. The van der Waals surface area contributed by atoms with Crippen molar-refractivity contribution in [1.29, 1.82) is 0 Å². The van der Waals surface area contributed by atoms with Crippen LogP contribution in [0.2, 0.25) is 5.02 Å². The SMILES string of the molecule is Cc1cc(C2CCCN2S(=O)(=O)c2ccc(F)c(Cl)c2)on1. The monoisotopic (exact) mass is 344 g/mol. The molecule has 0 aliphatic carbocycles. The quantitative estimate of drug-likeness (QED) is 0.857. The van der Waals surface area contributed by atoms with Crippen LogP contribution in [-0.4, -0.2) is 24.4 Å². The van der Waals surface area contributed by atoms with E-state index >= 15 is 0 Å². The maximum absolute atomic E-state index is 13.2. The molecule has 118 valence electrons. The Kier molecular flexibility index (Phi) is 3.96. The molecule has 8 heteroatoms. The van der Waals surface area contributed by atoms with Crippen LogP contribution >= 0.6 is 11.6 Å². The first-order chi connectivity index (χ1) is 10.4. The van der Waals surface area contributed by atoms with Crippen LogP contribution in [0.5, 0.6) is 0 Å². The van der Waals surface area contributed by atoms with Crippen molar-refractivity contribution in [3.8, 4) is 0 Å². The smallest absolute Gasteiger partial charge is 0.243 e. The van der Waals surface area contributed by atoms with Gasteiger partial charge in [-0.1, -0.05) is 16.8 Å². The highest BCUT2D eigenvalue weighted by atomic mass is 35.5. The van der Waals surface area contributed by atoms with E-state index in [1.807, 2.05) is 0 Å². The number of sulfonamides is 1. The zero-order chi connectivity index (χ0) is 15.9. The molecule has 0 amide bonds. The Morgan fingerprint density at radius 2 is 2.18 bits per heavy atom. The third kappa shape index (κ3) is 2.64. The Hall–Kier alpha value is -1.44. The molecule has 5 nitrogen and oxygen atoms in total. The topological polar surface area (TPSA) is 63.4 Å². The van der Waals surface area contributed by atoms with Crippen LogP contribution in [0.15, 0.2) is 33.7 Å². The minimum atomic E-state index is -3.77. The number of aromatic nitrogens is 1. The number of aryl methyl sites for hydroxylation is 1. The lowest BCUT2D eigenvalue weighted by atomic mass is 10.2. The van der Waals surface area contributed by atoms with E-state index in [2.05, 4.69) is 5.16 Å². The summed E-state index contributed by atoms with van der Waals surface area (Å²) in [5.41, 5.74) is 0.698. The fraction of sp³-hybridized carbons (Fsp3) is 0.357. The normalized spacial score (nSPS) is 19.7. The zero-order valence-corrected chi connectivity index (χ0v) is 13.4. The van der Waals surface area contributed by atoms with Gasteiger partial charge in [-0.3, -0.25) is 0 Å². The van der Waals surface area contributed by atoms with Gasteiger partial charge in [-0.05, 0) is 38.0 Å². The van der Waals surface area contributed by atoms with Gasteiger partial charge in [0.25, 0.3) is 0 Å². The van der Waals surface area contributed by atoms with E-state index in [9.17, 15) is 12.8 Å². The summed E-state index contributed by atoms with van der Waals surface area (Å²) in [6.45, 7) is 2.16. The molecular formula is C14H14ClFN2O3S. The van der Waals surface area contributed by atoms with Crippen LogP contribution in [0.25, 0.3) is 0 Å². The predicted molar refractivity (Wildman–Crippen MR) is 78.5 cm³/mol. The van der Waals surface area contributed by atoms with Crippen LogP contribution in [0, 0.1) is 12.7 Å². The van der Waals surface area contributed by atoms with Crippen molar-refractivity contribution >= 4 is 21.6 Å². The van der Waals surface area contributed by atoms with Crippen LogP contribution in [-0.2, 0) is 10.0 Å². The highest BCUT2D eigenvalue weighted by Gasteiger charge is 2.38. The lowest BCUT2D eigenvalue weighted by Gasteiger charge is -2.22. The first kappa shape index (κ1) is 15.5. The van der Waals surface area contributed by atoms with Gasteiger partial charge in [0.2, 0.25) is 10.0 Å². The summed E-state index contributed by atoms with van der Waals surface area (Å²) in [4.78, 5) is -0.0259. The first-order valence-corrected chi connectivity index (χ1v) is 8.61. The van der Waals surface area contributed by atoms with Gasteiger partial charge in [-0.25, -0.2) is 12.8 Å². The van der Waals surface area contributed by atoms with Crippen LogP contribution in [0.1, 0.15) is 30.3 Å². The number of nitrogens with zero attached hydrogens (tertiary/aromatic N) is 2. The molecule has 1 fully saturated rings. The van der Waals surface area contributed by atoms with Crippen LogP contribution in [0.4, 0.5) is 4.39 Å². The van der Waals surface area contributed by atoms with Crippen molar-refractivity contribution in [2.45, 2.75) is 30.7 Å². The Bertz CT molecular complexity index is 806. The fourth-order valence-electron chi connectivity index (χ4n) is 2.63. The van der Waals surface area contributed by atoms with Gasteiger partial charge in [-0.15, -0.1) is 0 Å². The van der Waals surface area contributed by atoms with Crippen molar-refractivity contribution in [3.05, 3.63) is 46.6 Å². The average molecular weight is 345 g/mol. The van der Waals surface area contributed by atoms with E-state index < -0.39 is 21.9 Å². The summed E-state index contributed by atoms with van der Waals surface area (Å²) in [6.07, 6.45) is 1.38. The molecule has 0 saturated carbocycles. The van der Waals surface area contributed by atoms with Crippen molar-refractivity contribution < 1.29 is 17.3 Å². The standard InChI is InChI=1S/C14H14ClFN2O3S/c1-9-7-14(21-17-9)13-3-2-6-18(13)22(19,20)10-4-5-12(16)11(15)8-10/h4-5,7-8,13H,2-3,6H2,1H3. The summed E-state index contributed by atoms with van der Waals surface area (Å²) < 4.78 is 45.4. The molecule has 0 radical (unpaired) electrons. The summed E-state index contributed by atoms with van der Waals surface area (Å²) in [7, 11) is -3.77. The van der Waals surface area contributed by atoms with Crippen molar-refractivity contribution in [2.75, 3.05) is 6.54 Å². The molecule has 1 aliphatic rings. The number of halogens is 2. The maximum atomic E-state index is 13.2. The number of hydrogen-bond donors (Lipinski definition) is 0. The molecule has 2 aromatic rings. The third-order valence-electron chi connectivity index (χ3n) is 3.68. The van der Waals surface area contributed by atoms with E-state index in [1.165, 1.54) is 10.4 Å². The molecule has 0 spiro atoms. The lowest BCUT2D eigenvalue weighted by molar-refractivity contribution is 0.297. The zero-order valence-electron chi connectivity index (χ0n) is 11.8. The molecule has 1 unspecified atom stereocenters. The molecule has 1 aliphatic heterocycles. The highest BCUT2D eigenvalue weighted by molar-refractivity contribution is 7.89. The second-order valence-corrected chi connectivity index (χ2v) is 7.52. The minimum absolute atomic E-state index is 0.0259. The number of hydrogen-bond acceptors (Lipinski definition) is 4. The first-order valence-electron chi connectivity index (χ1n) is 6.80. The van der Waals surface area contributed by atoms with Crippen molar-refractivity contribution in [3.63, 3.8) is 0 Å². The van der Waals surface area contributed by atoms with E-state index in [0.29, 0.717) is 24.4 Å². The molecule has 1 atom stereocenters. The average Bonchev–Trinajstić information content (AvgIpc) is 3.10. The molecule has 0 bridgehead atoms. The van der Waals surface area contributed by atoms with Crippen LogP contribution < -0.4 is 0 Å². The minimum Gasteiger partial charge on any atom is -0.359 e. The van der Waals surface area contributed by atoms with Crippen molar-refractivity contribution in [2.24, 2.45) is 0 Å². The largest absolute Gasteiger partial charge is 0.359 e. The maximum Gasteiger partial charge on any atom is 0.243 e. The van der Waals surface area contributed by atoms with Crippen molar-refractivity contribution in [1.82, 2.24) is 9.46 Å². The molecule has 2 heterocycles. The van der Waals surface area contributed by atoms with Gasteiger partial charge in [0.15, 0.2) is 5.76 Å². The molecule has 3 rings (SSSR count).